The first-order valence-corrected chi connectivity index (χ1v) is 8.41. The molecule has 1 aromatic carbocycles. The molecule has 3 rings (SSSR count). The molecule has 0 radical (unpaired) electrons. The van der Waals surface area contributed by atoms with E-state index in [0.29, 0.717) is 22.0 Å². The van der Waals surface area contributed by atoms with Gasteiger partial charge in [0.05, 0.1) is 11.3 Å². The molecule has 0 unspecified atom stereocenters. The van der Waals surface area contributed by atoms with Crippen LogP contribution in [0.4, 0.5) is 10.7 Å². The smallest absolute Gasteiger partial charge is 0.326 e. The summed E-state index contributed by atoms with van der Waals surface area (Å²) in [7, 11) is 0. The number of benzene rings is 1. The van der Waals surface area contributed by atoms with Crippen molar-refractivity contribution in [2.24, 2.45) is 0 Å². The number of anilines is 2. The Morgan fingerprint density at radius 1 is 1.35 bits per heavy atom. The summed E-state index contributed by atoms with van der Waals surface area (Å²) < 4.78 is 10.2. The molecule has 0 saturated heterocycles. The number of hydrogen-bond acceptors (Lipinski definition) is 7. The lowest BCUT2D eigenvalue weighted by Crippen LogP contribution is -2.42. The normalized spacial score (nSPS) is 12.6. The maximum atomic E-state index is 12.0. The van der Waals surface area contributed by atoms with Crippen molar-refractivity contribution in [3.63, 3.8) is 0 Å². The van der Waals surface area contributed by atoms with Crippen LogP contribution in [0.2, 0.25) is 0 Å². The van der Waals surface area contributed by atoms with E-state index < -0.39 is 18.5 Å². The second kappa shape index (κ2) is 7.67. The van der Waals surface area contributed by atoms with E-state index in [0.717, 1.165) is 0 Å². The van der Waals surface area contributed by atoms with Gasteiger partial charge in [-0.15, -0.1) is 11.3 Å². The molecule has 0 spiro atoms. The summed E-state index contributed by atoms with van der Waals surface area (Å²) in [5, 5.41) is 13.5. The van der Waals surface area contributed by atoms with Crippen molar-refractivity contribution in [1.82, 2.24) is 0 Å². The van der Waals surface area contributed by atoms with E-state index in [4.69, 9.17) is 14.7 Å². The Bertz CT molecular complexity index is 902. The fraction of sp³-hybridized carbons (Fsp3) is 0.176. The minimum atomic E-state index is -0.725. The molecular weight excluding hydrogens is 358 g/mol. The Kier molecular flexibility index (Phi) is 5.15. The third-order valence-electron chi connectivity index (χ3n) is 3.50. The summed E-state index contributed by atoms with van der Waals surface area (Å²) in [5.74, 6) is -1.16. The van der Waals surface area contributed by atoms with Gasteiger partial charge in [-0.1, -0.05) is 12.1 Å². The molecule has 0 saturated carbocycles. The highest BCUT2D eigenvalue weighted by atomic mass is 32.1. The van der Waals surface area contributed by atoms with Crippen molar-refractivity contribution in [1.29, 1.82) is 5.26 Å². The largest absolute Gasteiger partial charge is 0.482 e. The van der Waals surface area contributed by atoms with Gasteiger partial charge >= 0.3 is 5.97 Å². The fourth-order valence-electron chi connectivity index (χ4n) is 2.30. The molecule has 0 aliphatic carbocycles. The van der Waals surface area contributed by atoms with Crippen molar-refractivity contribution < 1.29 is 23.9 Å². The highest BCUT2D eigenvalue weighted by molar-refractivity contribution is 7.14. The maximum absolute atomic E-state index is 12.0. The van der Waals surface area contributed by atoms with Gasteiger partial charge in [-0.2, -0.15) is 5.26 Å². The Morgan fingerprint density at radius 2 is 2.15 bits per heavy atom. The lowest BCUT2D eigenvalue weighted by molar-refractivity contribution is -0.146. The Labute approximate surface area is 152 Å². The van der Waals surface area contributed by atoms with Gasteiger partial charge in [0.2, 0.25) is 0 Å². The quantitative estimate of drug-likeness (QED) is 0.799. The molecule has 0 bridgehead atoms. The molecule has 9 heteroatoms. The number of carbonyl (C=O) groups is 3. The molecule has 1 aliphatic heterocycles. The number of rotatable bonds is 5. The third-order valence-corrected chi connectivity index (χ3v) is 4.33. The van der Waals surface area contributed by atoms with Crippen molar-refractivity contribution in [2.45, 2.75) is 0 Å². The molecular formula is C17H13N3O5S. The van der Waals surface area contributed by atoms with Gasteiger partial charge in [0, 0.05) is 0 Å². The van der Waals surface area contributed by atoms with E-state index >= 15 is 0 Å². The number of nitrogens with one attached hydrogen (secondary N) is 1. The number of thiophene rings is 1. The molecule has 0 fully saturated rings. The van der Waals surface area contributed by atoms with Crippen molar-refractivity contribution in [3.05, 3.63) is 41.3 Å². The second-order valence-electron chi connectivity index (χ2n) is 5.22. The predicted molar refractivity (Wildman–Crippen MR) is 92.9 cm³/mol. The lowest BCUT2D eigenvalue weighted by Gasteiger charge is -2.28. The van der Waals surface area contributed by atoms with E-state index in [9.17, 15) is 14.4 Å². The number of fused-ring (bicyclic) bond motifs is 1. The van der Waals surface area contributed by atoms with Crippen LogP contribution in [0.15, 0.2) is 35.7 Å². The van der Waals surface area contributed by atoms with Crippen LogP contribution in [0.3, 0.4) is 0 Å². The van der Waals surface area contributed by atoms with Gasteiger partial charge in [0.15, 0.2) is 13.2 Å². The fourth-order valence-corrected chi connectivity index (χ4v) is 3.06. The molecule has 26 heavy (non-hydrogen) atoms. The minimum absolute atomic E-state index is 0.167. The molecule has 8 nitrogen and oxygen atoms in total. The van der Waals surface area contributed by atoms with Gasteiger partial charge in [0.25, 0.3) is 11.8 Å². The van der Waals surface area contributed by atoms with Crippen LogP contribution in [0.1, 0.15) is 5.56 Å². The van der Waals surface area contributed by atoms with Crippen LogP contribution in [0.25, 0.3) is 0 Å². The summed E-state index contributed by atoms with van der Waals surface area (Å²) >= 11 is 1.20. The number of carbonyl (C=O) groups excluding carboxylic acids is 3. The zero-order valence-electron chi connectivity index (χ0n) is 13.4. The van der Waals surface area contributed by atoms with Crippen molar-refractivity contribution in [3.8, 4) is 11.8 Å². The van der Waals surface area contributed by atoms with Crippen molar-refractivity contribution in [2.75, 3.05) is 30.0 Å². The summed E-state index contributed by atoms with van der Waals surface area (Å²) in [6, 6.07) is 10.4. The highest BCUT2D eigenvalue weighted by Crippen LogP contribution is 2.31. The van der Waals surface area contributed by atoms with Crippen molar-refractivity contribution >= 4 is 39.8 Å². The zero-order valence-corrected chi connectivity index (χ0v) is 14.2. The predicted octanol–water partition coefficient (Wildman–Crippen LogP) is 1.53. The molecule has 1 aliphatic rings. The lowest BCUT2D eigenvalue weighted by atomic mass is 10.2. The molecule has 2 amide bonds. The van der Waals surface area contributed by atoms with Crippen LogP contribution in [-0.2, 0) is 19.1 Å². The number of nitriles is 1. The van der Waals surface area contributed by atoms with Gasteiger partial charge < -0.3 is 14.8 Å². The van der Waals surface area contributed by atoms with E-state index in [-0.39, 0.29) is 19.1 Å². The number of amides is 2. The monoisotopic (exact) mass is 371 g/mol. The SMILES string of the molecule is N#Cc1ccsc1NC(=O)COC(=O)CN1C(=O)COc2ccccc21. The topological polar surface area (TPSA) is 109 Å². The van der Waals surface area contributed by atoms with Gasteiger partial charge in [-0.25, -0.2) is 0 Å². The van der Waals surface area contributed by atoms with Crippen LogP contribution in [0, 0.1) is 11.3 Å². The summed E-state index contributed by atoms with van der Waals surface area (Å²) in [4.78, 5) is 37.1. The molecule has 2 aromatic rings. The number of esters is 1. The van der Waals surface area contributed by atoms with Crippen LogP contribution in [0.5, 0.6) is 5.75 Å². The average molecular weight is 371 g/mol. The molecule has 2 heterocycles. The van der Waals surface area contributed by atoms with E-state index in [1.807, 2.05) is 6.07 Å². The number of hydrogen-bond donors (Lipinski definition) is 1. The van der Waals surface area contributed by atoms with Crippen LogP contribution < -0.4 is 15.0 Å². The second-order valence-corrected chi connectivity index (χ2v) is 6.14. The number of para-hydroxylation sites is 2. The first-order valence-electron chi connectivity index (χ1n) is 7.53. The Morgan fingerprint density at radius 3 is 2.96 bits per heavy atom. The first-order chi connectivity index (χ1) is 12.6. The van der Waals surface area contributed by atoms with E-state index in [1.165, 1.54) is 16.2 Å². The van der Waals surface area contributed by atoms with Gasteiger partial charge in [0.1, 0.15) is 23.4 Å². The number of ether oxygens (including phenoxy) is 2. The van der Waals surface area contributed by atoms with E-state index in [1.54, 1.807) is 35.7 Å². The summed E-state index contributed by atoms with van der Waals surface area (Å²) in [5.41, 5.74) is 0.813. The molecule has 1 N–H and O–H groups in total. The third kappa shape index (κ3) is 3.81. The maximum Gasteiger partial charge on any atom is 0.326 e. The standard InChI is InChI=1S/C17H13N3O5S/c18-7-11-5-6-26-17(11)19-14(21)9-25-16(23)8-20-12-3-1-2-4-13(12)24-10-15(20)22/h1-6H,8-10H2,(H,19,21). The van der Waals surface area contributed by atoms with Gasteiger partial charge in [-0.3, -0.25) is 19.3 Å². The first kappa shape index (κ1) is 17.4. The summed E-state index contributed by atoms with van der Waals surface area (Å²) in [6.07, 6.45) is 0. The molecule has 132 valence electrons. The molecule has 0 atom stereocenters. The Balaban J connectivity index is 1.55. The minimum Gasteiger partial charge on any atom is -0.482 e. The van der Waals surface area contributed by atoms with Gasteiger partial charge in [-0.05, 0) is 23.6 Å². The molecule has 1 aromatic heterocycles. The number of nitrogens with zero attached hydrogens (tertiary/aromatic N) is 2. The highest BCUT2D eigenvalue weighted by Gasteiger charge is 2.27. The summed E-state index contributed by atoms with van der Waals surface area (Å²) in [6.45, 7) is -1.00. The van der Waals surface area contributed by atoms with Crippen LogP contribution >= 0.6 is 11.3 Å². The zero-order chi connectivity index (χ0) is 18.5. The average Bonchev–Trinajstić information content (AvgIpc) is 3.09. The van der Waals surface area contributed by atoms with E-state index in [2.05, 4.69) is 5.32 Å². The van der Waals surface area contributed by atoms with Crippen LogP contribution in [-0.4, -0.2) is 37.5 Å². The Hall–Kier alpha value is -3.38.